The van der Waals surface area contributed by atoms with E-state index >= 15 is 0 Å². The summed E-state index contributed by atoms with van der Waals surface area (Å²) >= 11 is 0. The second-order valence-corrected chi connectivity index (χ2v) is 7.43. The molecule has 0 spiro atoms. The Kier molecular flexibility index (Phi) is 8.95. The molecule has 0 heterocycles. The molecule has 0 bridgehead atoms. The fourth-order valence-corrected chi connectivity index (χ4v) is 3.48. The zero-order valence-electron chi connectivity index (χ0n) is 20.3. The number of rotatable bonds is 11. The molecule has 0 aliphatic carbocycles. The standard InChI is InChI=1S/C27H30N2O6/c1-5-34-24-9-7-8-19(26(24)35-6-2)16-25(30)28-20-12-15-23(33-4)22(17-20)29-27(31)18-10-13-21(32-3)14-11-18/h7-15,17H,5-6,16H2,1-4H3,(H,28,30)(H,29,31). The van der Waals surface area contributed by atoms with Gasteiger partial charge >= 0.3 is 0 Å². The Morgan fingerprint density at radius 3 is 2.20 bits per heavy atom. The number of methoxy groups -OCH3 is 2. The summed E-state index contributed by atoms with van der Waals surface area (Å²) in [5.74, 6) is 1.73. The summed E-state index contributed by atoms with van der Waals surface area (Å²) < 4.78 is 21.9. The summed E-state index contributed by atoms with van der Waals surface area (Å²) in [4.78, 5) is 25.6. The second-order valence-electron chi connectivity index (χ2n) is 7.43. The highest BCUT2D eigenvalue weighted by atomic mass is 16.5. The van der Waals surface area contributed by atoms with Crippen LogP contribution in [0.25, 0.3) is 0 Å². The van der Waals surface area contributed by atoms with E-state index in [4.69, 9.17) is 18.9 Å². The van der Waals surface area contributed by atoms with Gasteiger partial charge in [0, 0.05) is 16.8 Å². The van der Waals surface area contributed by atoms with E-state index in [9.17, 15) is 9.59 Å². The molecule has 8 heteroatoms. The molecule has 0 aromatic heterocycles. The number of carbonyl (C=O) groups excluding carboxylic acids is 2. The molecule has 0 saturated carbocycles. The molecular weight excluding hydrogens is 448 g/mol. The van der Waals surface area contributed by atoms with Gasteiger partial charge in [-0.25, -0.2) is 0 Å². The summed E-state index contributed by atoms with van der Waals surface area (Å²) in [7, 11) is 3.07. The van der Waals surface area contributed by atoms with Crippen molar-refractivity contribution in [1.29, 1.82) is 0 Å². The van der Waals surface area contributed by atoms with E-state index in [1.54, 1.807) is 49.6 Å². The molecule has 0 saturated heterocycles. The normalized spacial score (nSPS) is 10.3. The van der Waals surface area contributed by atoms with Gasteiger partial charge in [-0.15, -0.1) is 0 Å². The van der Waals surface area contributed by atoms with Gasteiger partial charge in [-0.05, 0) is 62.4 Å². The number of carbonyl (C=O) groups is 2. The lowest BCUT2D eigenvalue weighted by atomic mass is 10.1. The minimum atomic E-state index is -0.316. The summed E-state index contributed by atoms with van der Waals surface area (Å²) in [6.07, 6.45) is 0.0931. The first kappa shape index (κ1) is 25.4. The van der Waals surface area contributed by atoms with Crippen molar-refractivity contribution in [2.24, 2.45) is 0 Å². The van der Waals surface area contributed by atoms with E-state index in [1.807, 2.05) is 32.0 Å². The maximum Gasteiger partial charge on any atom is 0.255 e. The Hall–Kier alpha value is -4.20. The number of benzene rings is 3. The Morgan fingerprint density at radius 1 is 0.800 bits per heavy atom. The lowest BCUT2D eigenvalue weighted by molar-refractivity contribution is -0.115. The van der Waals surface area contributed by atoms with Crippen LogP contribution in [-0.2, 0) is 11.2 Å². The van der Waals surface area contributed by atoms with E-state index in [0.29, 0.717) is 53.2 Å². The fraction of sp³-hybridized carbons (Fsp3) is 0.259. The number of hydrogen-bond acceptors (Lipinski definition) is 6. The van der Waals surface area contributed by atoms with Crippen LogP contribution in [0.1, 0.15) is 29.8 Å². The Balaban J connectivity index is 1.75. The average Bonchev–Trinajstić information content (AvgIpc) is 2.86. The Labute approximate surface area is 205 Å². The van der Waals surface area contributed by atoms with Crippen LogP contribution >= 0.6 is 0 Å². The van der Waals surface area contributed by atoms with Crippen molar-refractivity contribution < 1.29 is 28.5 Å². The van der Waals surface area contributed by atoms with Crippen molar-refractivity contribution in [3.05, 3.63) is 71.8 Å². The highest BCUT2D eigenvalue weighted by Crippen LogP contribution is 2.33. The molecule has 0 radical (unpaired) electrons. The SMILES string of the molecule is CCOc1cccc(CC(=O)Nc2ccc(OC)c(NC(=O)c3ccc(OC)cc3)c2)c1OCC. The Morgan fingerprint density at radius 2 is 1.54 bits per heavy atom. The minimum Gasteiger partial charge on any atom is -0.497 e. The Bertz CT molecular complexity index is 1160. The van der Waals surface area contributed by atoms with Gasteiger partial charge in [0.1, 0.15) is 11.5 Å². The molecule has 3 rings (SSSR count). The van der Waals surface area contributed by atoms with E-state index in [0.717, 1.165) is 5.56 Å². The van der Waals surface area contributed by atoms with Crippen LogP contribution in [0, 0.1) is 0 Å². The maximum atomic E-state index is 12.8. The van der Waals surface area contributed by atoms with Gasteiger partial charge in [-0.3, -0.25) is 9.59 Å². The molecule has 0 fully saturated rings. The van der Waals surface area contributed by atoms with Gasteiger partial charge < -0.3 is 29.6 Å². The molecule has 0 unspecified atom stereocenters. The molecule has 2 amide bonds. The molecule has 184 valence electrons. The number of ether oxygens (including phenoxy) is 4. The van der Waals surface area contributed by atoms with E-state index < -0.39 is 0 Å². The lowest BCUT2D eigenvalue weighted by Crippen LogP contribution is -2.16. The summed E-state index contributed by atoms with van der Waals surface area (Å²) in [5.41, 5.74) is 2.12. The minimum absolute atomic E-state index is 0.0931. The smallest absolute Gasteiger partial charge is 0.255 e. The summed E-state index contributed by atoms with van der Waals surface area (Å²) in [6, 6.07) is 17.3. The monoisotopic (exact) mass is 478 g/mol. The van der Waals surface area contributed by atoms with Gasteiger partial charge in [-0.1, -0.05) is 12.1 Å². The van der Waals surface area contributed by atoms with Crippen LogP contribution in [0.2, 0.25) is 0 Å². The number of para-hydroxylation sites is 1. The lowest BCUT2D eigenvalue weighted by Gasteiger charge is -2.16. The highest BCUT2D eigenvalue weighted by molar-refractivity contribution is 6.05. The van der Waals surface area contributed by atoms with Gasteiger partial charge in [-0.2, -0.15) is 0 Å². The first-order chi connectivity index (χ1) is 17.0. The van der Waals surface area contributed by atoms with E-state index in [-0.39, 0.29) is 18.2 Å². The van der Waals surface area contributed by atoms with Crippen molar-refractivity contribution in [2.45, 2.75) is 20.3 Å². The van der Waals surface area contributed by atoms with Crippen molar-refractivity contribution in [2.75, 3.05) is 38.1 Å². The number of anilines is 2. The van der Waals surface area contributed by atoms with Gasteiger partial charge in [0.25, 0.3) is 5.91 Å². The third kappa shape index (κ3) is 6.66. The first-order valence-corrected chi connectivity index (χ1v) is 11.3. The average molecular weight is 479 g/mol. The van der Waals surface area contributed by atoms with Gasteiger partial charge in [0.05, 0.1) is 39.5 Å². The molecule has 0 aliphatic heterocycles. The predicted octanol–water partition coefficient (Wildman–Crippen LogP) is 4.93. The maximum absolute atomic E-state index is 12.8. The van der Waals surface area contributed by atoms with E-state index in [2.05, 4.69) is 10.6 Å². The third-order valence-electron chi connectivity index (χ3n) is 5.08. The molecule has 3 aromatic rings. The molecule has 0 atom stereocenters. The molecular formula is C27H30N2O6. The number of amides is 2. The largest absolute Gasteiger partial charge is 0.497 e. The molecule has 2 N–H and O–H groups in total. The highest BCUT2D eigenvalue weighted by Gasteiger charge is 2.16. The van der Waals surface area contributed by atoms with Crippen LogP contribution < -0.4 is 29.6 Å². The molecule has 0 aliphatic rings. The molecule has 35 heavy (non-hydrogen) atoms. The van der Waals surface area contributed by atoms with Gasteiger partial charge in [0.15, 0.2) is 11.5 Å². The zero-order valence-corrected chi connectivity index (χ0v) is 20.3. The summed E-state index contributed by atoms with van der Waals surface area (Å²) in [6.45, 7) is 4.72. The predicted molar refractivity (Wildman–Crippen MR) is 135 cm³/mol. The van der Waals surface area contributed by atoms with Crippen LogP contribution in [-0.4, -0.2) is 39.2 Å². The third-order valence-corrected chi connectivity index (χ3v) is 5.08. The van der Waals surface area contributed by atoms with Crippen LogP contribution in [0.5, 0.6) is 23.0 Å². The fourth-order valence-electron chi connectivity index (χ4n) is 3.48. The number of hydrogen-bond donors (Lipinski definition) is 2. The quantitative estimate of drug-likeness (QED) is 0.406. The zero-order chi connectivity index (χ0) is 25.2. The summed E-state index contributed by atoms with van der Waals surface area (Å²) in [5, 5.41) is 5.71. The number of nitrogens with one attached hydrogen (secondary N) is 2. The first-order valence-electron chi connectivity index (χ1n) is 11.3. The molecule has 3 aromatic carbocycles. The van der Waals surface area contributed by atoms with Gasteiger partial charge in [0.2, 0.25) is 5.91 Å². The van der Waals surface area contributed by atoms with Crippen LogP contribution in [0.4, 0.5) is 11.4 Å². The van der Waals surface area contributed by atoms with Crippen LogP contribution in [0.15, 0.2) is 60.7 Å². The van der Waals surface area contributed by atoms with Crippen molar-refractivity contribution in [1.82, 2.24) is 0 Å². The second kappa shape index (κ2) is 12.3. The topological polar surface area (TPSA) is 95.1 Å². The van der Waals surface area contributed by atoms with Crippen molar-refractivity contribution >= 4 is 23.2 Å². The van der Waals surface area contributed by atoms with Crippen LogP contribution in [0.3, 0.4) is 0 Å². The van der Waals surface area contributed by atoms with Crippen molar-refractivity contribution in [3.63, 3.8) is 0 Å². The molecule has 8 nitrogen and oxygen atoms in total. The van der Waals surface area contributed by atoms with E-state index in [1.165, 1.54) is 7.11 Å². The van der Waals surface area contributed by atoms with Crippen molar-refractivity contribution in [3.8, 4) is 23.0 Å².